The molecule has 1 saturated carbocycles. The molecule has 1 aromatic rings. The highest BCUT2D eigenvalue weighted by Crippen LogP contribution is 2.57. The fraction of sp³-hybridized carbons (Fsp3) is 0.560. The van der Waals surface area contributed by atoms with E-state index >= 15 is 0 Å². The molecule has 0 aromatic heterocycles. The lowest BCUT2D eigenvalue weighted by atomic mass is 9.92. The summed E-state index contributed by atoms with van der Waals surface area (Å²) in [6.45, 7) is 0.0278. The van der Waals surface area contributed by atoms with Crippen LogP contribution in [-0.4, -0.2) is 57.5 Å². The van der Waals surface area contributed by atoms with E-state index in [-0.39, 0.29) is 37.0 Å². The first kappa shape index (κ1) is 23.4. The fourth-order valence-electron chi connectivity index (χ4n) is 5.19. The van der Waals surface area contributed by atoms with Gasteiger partial charge in [-0.1, -0.05) is 31.1 Å². The number of hydrogen-bond donors (Lipinski definition) is 3. The van der Waals surface area contributed by atoms with Crippen molar-refractivity contribution in [3.05, 3.63) is 42.2 Å². The minimum absolute atomic E-state index is 0.0278. The summed E-state index contributed by atoms with van der Waals surface area (Å²) >= 11 is 0. The average molecular weight is 459 g/mol. The first-order chi connectivity index (χ1) is 15.8. The number of allylic oxidation sites excluding steroid dienone is 2. The number of aliphatic hydroxyl groups excluding tert-OH is 1. The van der Waals surface area contributed by atoms with Gasteiger partial charge in [-0.15, -0.1) is 0 Å². The lowest BCUT2D eigenvalue weighted by Gasteiger charge is -2.29. The molecular formula is C25H31FN2O5. The van der Waals surface area contributed by atoms with E-state index in [2.05, 4.69) is 5.32 Å². The SMILES string of the molecule is O=C1C[C@]2(C(=O)O)C[C@H]2/C=C\CCCCC[C@H](Nc2cccc(F)c2)C(=O)N2C[C@H](O)C[C@@H]12. The van der Waals surface area contributed by atoms with Gasteiger partial charge in [0.15, 0.2) is 5.78 Å². The zero-order chi connectivity index (χ0) is 23.6. The summed E-state index contributed by atoms with van der Waals surface area (Å²) in [7, 11) is 0. The number of ketones is 1. The number of fused-ring (bicyclic) bond motifs is 2. The number of carboxylic acid groups (broad SMARTS) is 1. The molecule has 1 saturated heterocycles. The van der Waals surface area contributed by atoms with Gasteiger partial charge >= 0.3 is 5.97 Å². The molecular weight excluding hydrogens is 427 g/mol. The number of nitrogens with zero attached hydrogens (tertiary/aromatic N) is 1. The summed E-state index contributed by atoms with van der Waals surface area (Å²) in [6, 6.07) is 4.36. The number of amides is 1. The van der Waals surface area contributed by atoms with E-state index in [0.717, 1.165) is 25.7 Å². The summed E-state index contributed by atoms with van der Waals surface area (Å²) in [5.74, 6) is -2.23. The number of carbonyl (C=O) groups excluding carboxylic acids is 2. The summed E-state index contributed by atoms with van der Waals surface area (Å²) in [6.07, 6.45) is 7.33. The highest BCUT2D eigenvalue weighted by molar-refractivity contribution is 5.96. The third-order valence-corrected chi connectivity index (χ3v) is 7.18. The van der Waals surface area contributed by atoms with Crippen LogP contribution in [-0.2, 0) is 14.4 Å². The molecule has 4 rings (SSSR count). The second-order valence-corrected chi connectivity index (χ2v) is 9.58. The second kappa shape index (κ2) is 9.63. The first-order valence-electron chi connectivity index (χ1n) is 11.7. The van der Waals surface area contributed by atoms with Crippen molar-refractivity contribution in [2.24, 2.45) is 11.3 Å². The van der Waals surface area contributed by atoms with E-state index in [1.54, 1.807) is 12.1 Å². The lowest BCUT2D eigenvalue weighted by Crippen LogP contribution is -2.48. The standard InChI is InChI=1S/C25H31FN2O5/c26-17-8-6-9-18(11-17)27-20-10-5-3-1-2-4-7-16-13-25(16,24(32)33)14-22(30)21-12-19(29)15-28(21)23(20)31/h4,6-9,11,16,19-21,27,29H,1-3,5,10,12-15H2,(H,32,33)/b7-4-/t16-,19-,20+,21+,25-/m1/s1. The molecule has 3 aliphatic rings. The van der Waals surface area contributed by atoms with Crippen molar-refractivity contribution in [2.75, 3.05) is 11.9 Å². The number of carboxylic acids is 1. The van der Waals surface area contributed by atoms with Crippen LogP contribution >= 0.6 is 0 Å². The van der Waals surface area contributed by atoms with Crippen molar-refractivity contribution in [1.82, 2.24) is 4.90 Å². The number of anilines is 1. The van der Waals surface area contributed by atoms with E-state index in [0.29, 0.717) is 18.5 Å². The molecule has 2 aliphatic heterocycles. The van der Waals surface area contributed by atoms with Crippen molar-refractivity contribution in [2.45, 2.75) is 69.6 Å². The van der Waals surface area contributed by atoms with Gasteiger partial charge in [0.25, 0.3) is 0 Å². The first-order valence-corrected chi connectivity index (χ1v) is 11.7. The summed E-state index contributed by atoms with van der Waals surface area (Å²) in [5.41, 5.74) is -0.641. The summed E-state index contributed by atoms with van der Waals surface area (Å²) in [5, 5.41) is 23.2. The van der Waals surface area contributed by atoms with Gasteiger partial charge in [-0.3, -0.25) is 14.4 Å². The van der Waals surface area contributed by atoms with Crippen LogP contribution in [0.5, 0.6) is 0 Å². The largest absolute Gasteiger partial charge is 0.481 e. The minimum Gasteiger partial charge on any atom is -0.481 e. The highest BCUT2D eigenvalue weighted by Gasteiger charge is 2.61. The minimum atomic E-state index is -1.12. The Morgan fingerprint density at radius 3 is 2.79 bits per heavy atom. The third kappa shape index (κ3) is 5.11. The monoisotopic (exact) mass is 458 g/mol. The number of aliphatic hydroxyl groups is 1. The number of aliphatic carboxylic acids is 1. The van der Waals surface area contributed by atoms with Gasteiger partial charge in [0.2, 0.25) is 5.91 Å². The van der Waals surface area contributed by atoms with E-state index in [4.69, 9.17) is 0 Å². The van der Waals surface area contributed by atoms with E-state index in [9.17, 15) is 29.0 Å². The summed E-state index contributed by atoms with van der Waals surface area (Å²) in [4.78, 5) is 40.1. The van der Waals surface area contributed by atoms with Crippen molar-refractivity contribution in [3.63, 3.8) is 0 Å². The molecule has 2 heterocycles. The van der Waals surface area contributed by atoms with Crippen LogP contribution in [0.1, 0.15) is 51.4 Å². The number of carbonyl (C=O) groups is 3. The second-order valence-electron chi connectivity index (χ2n) is 9.58. The Balaban J connectivity index is 1.59. The van der Waals surface area contributed by atoms with Crippen LogP contribution in [0, 0.1) is 17.2 Å². The number of rotatable bonds is 3. The molecule has 1 amide bonds. The molecule has 1 aliphatic carbocycles. The Labute approximate surface area is 192 Å². The Morgan fingerprint density at radius 2 is 2.03 bits per heavy atom. The van der Waals surface area contributed by atoms with E-state index in [1.165, 1.54) is 17.0 Å². The Hall–Kier alpha value is -2.74. The van der Waals surface area contributed by atoms with Gasteiger partial charge in [-0.25, -0.2) is 4.39 Å². The van der Waals surface area contributed by atoms with Crippen LogP contribution < -0.4 is 5.32 Å². The lowest BCUT2D eigenvalue weighted by molar-refractivity contribution is -0.147. The predicted molar refractivity (Wildman–Crippen MR) is 120 cm³/mol. The quantitative estimate of drug-likeness (QED) is 0.601. The highest BCUT2D eigenvalue weighted by atomic mass is 19.1. The van der Waals surface area contributed by atoms with Gasteiger partial charge < -0.3 is 20.4 Å². The number of halogens is 1. The molecule has 2 fully saturated rings. The van der Waals surface area contributed by atoms with Crippen LogP contribution in [0.2, 0.25) is 0 Å². The van der Waals surface area contributed by atoms with Gasteiger partial charge in [0.05, 0.1) is 17.6 Å². The van der Waals surface area contributed by atoms with Crippen LogP contribution in [0.3, 0.4) is 0 Å². The zero-order valence-electron chi connectivity index (χ0n) is 18.6. The van der Waals surface area contributed by atoms with E-state index in [1.807, 2.05) is 12.2 Å². The Bertz CT molecular complexity index is 950. The molecule has 0 unspecified atom stereocenters. The van der Waals surface area contributed by atoms with Crippen LogP contribution in [0.15, 0.2) is 36.4 Å². The molecule has 178 valence electrons. The fourth-order valence-corrected chi connectivity index (χ4v) is 5.19. The maximum absolute atomic E-state index is 13.7. The molecule has 0 radical (unpaired) electrons. The zero-order valence-corrected chi connectivity index (χ0v) is 18.6. The number of hydrogen-bond acceptors (Lipinski definition) is 5. The molecule has 5 atom stereocenters. The maximum Gasteiger partial charge on any atom is 0.310 e. The molecule has 1 aromatic carbocycles. The van der Waals surface area contributed by atoms with Gasteiger partial charge in [-0.2, -0.15) is 0 Å². The maximum atomic E-state index is 13.7. The Morgan fingerprint density at radius 1 is 1.21 bits per heavy atom. The normalized spacial score (nSPS) is 33.9. The smallest absolute Gasteiger partial charge is 0.310 e. The summed E-state index contributed by atoms with van der Waals surface area (Å²) < 4.78 is 13.7. The van der Waals surface area contributed by atoms with E-state index < -0.39 is 35.4 Å². The van der Waals surface area contributed by atoms with Crippen molar-refractivity contribution >= 4 is 23.3 Å². The number of benzene rings is 1. The number of nitrogens with one attached hydrogen (secondary N) is 1. The molecule has 33 heavy (non-hydrogen) atoms. The molecule has 3 N–H and O–H groups in total. The van der Waals surface area contributed by atoms with Gasteiger partial charge in [0.1, 0.15) is 11.9 Å². The average Bonchev–Trinajstić information content (AvgIpc) is 3.32. The molecule has 7 nitrogen and oxygen atoms in total. The predicted octanol–water partition coefficient (Wildman–Crippen LogP) is 3.14. The molecule has 0 spiro atoms. The Kier molecular flexibility index (Phi) is 6.83. The van der Waals surface area contributed by atoms with Crippen molar-refractivity contribution in [1.29, 1.82) is 0 Å². The third-order valence-electron chi connectivity index (χ3n) is 7.18. The van der Waals surface area contributed by atoms with Gasteiger partial charge in [-0.05, 0) is 49.8 Å². The topological polar surface area (TPSA) is 107 Å². The van der Waals surface area contributed by atoms with Crippen LogP contribution in [0.25, 0.3) is 0 Å². The molecule has 0 bridgehead atoms. The van der Waals surface area contributed by atoms with Gasteiger partial charge in [0, 0.05) is 25.1 Å². The van der Waals surface area contributed by atoms with Crippen molar-refractivity contribution in [3.8, 4) is 0 Å². The number of Topliss-reactive ketones (excluding diaryl/α,β-unsaturated/α-hetero) is 1. The molecule has 8 heteroatoms. The van der Waals surface area contributed by atoms with Crippen LogP contribution in [0.4, 0.5) is 10.1 Å². The van der Waals surface area contributed by atoms with Crippen molar-refractivity contribution < 1.29 is 29.0 Å².